The highest BCUT2D eigenvalue weighted by atomic mass is 127. The van der Waals surface area contributed by atoms with Crippen LogP contribution in [0.15, 0.2) is 11.3 Å². The van der Waals surface area contributed by atoms with Gasteiger partial charge in [-0.2, -0.15) is 4.52 Å². The standard InChI is InChI=1S/C10H12IN7OS/c11-7-4-13-8-18(7)15-9(20-8)17-3-1-2-10(19,6-17)5-14-16-12/h4,19H,1-3,5-6H2. The molecule has 1 fully saturated rings. The van der Waals surface area contributed by atoms with Gasteiger partial charge < -0.3 is 10.0 Å². The second-order valence-corrected chi connectivity index (χ2v) is 6.84. The molecule has 10 heteroatoms. The Bertz CT molecular complexity index is 678. The molecule has 1 unspecified atom stereocenters. The summed E-state index contributed by atoms with van der Waals surface area (Å²) in [4.78, 5) is 9.88. The number of hydrogen-bond acceptors (Lipinski definition) is 6. The van der Waals surface area contributed by atoms with Gasteiger partial charge in [-0.15, -0.1) is 5.10 Å². The largest absolute Gasteiger partial charge is 0.388 e. The third-order valence-corrected chi connectivity index (χ3v) is 5.01. The lowest BCUT2D eigenvalue weighted by Gasteiger charge is -2.38. The van der Waals surface area contributed by atoms with E-state index in [0.29, 0.717) is 13.0 Å². The summed E-state index contributed by atoms with van der Waals surface area (Å²) in [6.07, 6.45) is 3.26. The van der Waals surface area contributed by atoms with Gasteiger partial charge in [0.1, 0.15) is 3.70 Å². The van der Waals surface area contributed by atoms with Crippen LogP contribution in [0.3, 0.4) is 0 Å². The van der Waals surface area contributed by atoms with E-state index in [1.54, 1.807) is 10.7 Å². The lowest BCUT2D eigenvalue weighted by atomic mass is 9.93. The smallest absolute Gasteiger partial charge is 0.214 e. The quantitative estimate of drug-likeness (QED) is 0.365. The van der Waals surface area contributed by atoms with Gasteiger partial charge in [-0.25, -0.2) is 4.98 Å². The van der Waals surface area contributed by atoms with Gasteiger partial charge in [0.15, 0.2) is 0 Å². The van der Waals surface area contributed by atoms with Gasteiger partial charge in [-0.1, -0.05) is 16.5 Å². The van der Waals surface area contributed by atoms with Crippen molar-refractivity contribution >= 4 is 44.0 Å². The van der Waals surface area contributed by atoms with Crippen molar-refractivity contribution in [2.24, 2.45) is 5.11 Å². The van der Waals surface area contributed by atoms with Crippen LogP contribution in [-0.2, 0) is 0 Å². The number of hydrogen-bond donors (Lipinski definition) is 1. The highest BCUT2D eigenvalue weighted by Gasteiger charge is 2.34. The summed E-state index contributed by atoms with van der Waals surface area (Å²) in [5, 5.41) is 19.3. The van der Waals surface area contributed by atoms with Crippen molar-refractivity contribution in [3.05, 3.63) is 20.3 Å². The molecular formula is C10H12IN7OS. The summed E-state index contributed by atoms with van der Waals surface area (Å²) in [6.45, 7) is 1.37. The molecule has 8 nitrogen and oxygen atoms in total. The Morgan fingerprint density at radius 3 is 3.25 bits per heavy atom. The molecular weight excluding hydrogens is 393 g/mol. The van der Waals surface area contributed by atoms with Gasteiger partial charge >= 0.3 is 0 Å². The number of rotatable bonds is 3. The fourth-order valence-electron chi connectivity index (χ4n) is 2.35. The second kappa shape index (κ2) is 5.35. The van der Waals surface area contributed by atoms with E-state index >= 15 is 0 Å². The molecule has 0 amide bonds. The van der Waals surface area contributed by atoms with Gasteiger partial charge in [0.05, 0.1) is 18.3 Å². The second-order valence-electron chi connectivity index (χ2n) is 4.80. The predicted octanol–water partition coefficient (Wildman–Crippen LogP) is 2.04. The summed E-state index contributed by atoms with van der Waals surface area (Å²) in [5.41, 5.74) is 7.44. The normalized spacial score (nSPS) is 23.0. The average molecular weight is 405 g/mol. The number of aromatic nitrogens is 3. The van der Waals surface area contributed by atoms with Crippen molar-refractivity contribution in [1.82, 2.24) is 14.6 Å². The molecule has 0 aliphatic carbocycles. The van der Waals surface area contributed by atoms with Crippen LogP contribution in [0.1, 0.15) is 12.8 Å². The zero-order valence-electron chi connectivity index (χ0n) is 10.5. The molecule has 2 aromatic rings. The Kier molecular flexibility index (Phi) is 3.71. The summed E-state index contributed by atoms with van der Waals surface area (Å²) in [7, 11) is 0. The van der Waals surface area contributed by atoms with Crippen LogP contribution in [0, 0.1) is 3.70 Å². The maximum atomic E-state index is 10.5. The Balaban J connectivity index is 1.84. The maximum Gasteiger partial charge on any atom is 0.214 e. The number of nitrogens with zero attached hydrogens (tertiary/aromatic N) is 7. The summed E-state index contributed by atoms with van der Waals surface area (Å²) in [5.74, 6) is 0. The molecule has 1 N–H and O–H groups in total. The maximum absolute atomic E-state index is 10.5. The van der Waals surface area contributed by atoms with E-state index in [4.69, 9.17) is 5.53 Å². The monoisotopic (exact) mass is 405 g/mol. The third-order valence-electron chi connectivity index (χ3n) is 3.29. The molecule has 0 saturated carbocycles. The van der Waals surface area contributed by atoms with Crippen LogP contribution in [-0.4, -0.2) is 44.9 Å². The zero-order valence-corrected chi connectivity index (χ0v) is 13.5. The zero-order chi connectivity index (χ0) is 14.2. The van der Waals surface area contributed by atoms with Crippen molar-refractivity contribution in [2.75, 3.05) is 24.5 Å². The van der Waals surface area contributed by atoms with Gasteiger partial charge in [-0.05, 0) is 41.0 Å². The van der Waals surface area contributed by atoms with Gasteiger partial charge in [0, 0.05) is 18.0 Å². The van der Waals surface area contributed by atoms with E-state index in [1.165, 1.54) is 11.3 Å². The van der Waals surface area contributed by atoms with E-state index in [1.807, 2.05) is 4.90 Å². The summed E-state index contributed by atoms with van der Waals surface area (Å²) >= 11 is 3.68. The van der Waals surface area contributed by atoms with Gasteiger partial charge in [0.25, 0.3) is 0 Å². The lowest BCUT2D eigenvalue weighted by Crippen LogP contribution is -2.50. The van der Waals surface area contributed by atoms with E-state index < -0.39 is 5.60 Å². The first kappa shape index (κ1) is 13.9. The molecule has 0 bridgehead atoms. The minimum absolute atomic E-state index is 0.0973. The van der Waals surface area contributed by atoms with Gasteiger partial charge in [-0.3, -0.25) is 0 Å². The first-order valence-corrected chi connectivity index (χ1v) is 7.99. The van der Waals surface area contributed by atoms with Crippen molar-refractivity contribution in [1.29, 1.82) is 0 Å². The highest BCUT2D eigenvalue weighted by Crippen LogP contribution is 2.30. The van der Waals surface area contributed by atoms with Crippen LogP contribution in [0.25, 0.3) is 15.4 Å². The summed E-state index contributed by atoms with van der Waals surface area (Å²) in [6, 6.07) is 0. The molecule has 1 atom stereocenters. The molecule has 0 radical (unpaired) electrons. The minimum atomic E-state index is -0.967. The third kappa shape index (κ3) is 2.55. The fourth-order valence-corrected chi connectivity index (χ4v) is 3.89. The Labute approximate surface area is 132 Å². The van der Waals surface area contributed by atoms with Crippen LogP contribution in [0.4, 0.5) is 5.13 Å². The molecule has 1 aliphatic rings. The van der Waals surface area contributed by atoms with Crippen LogP contribution < -0.4 is 4.90 Å². The van der Waals surface area contributed by atoms with E-state index in [9.17, 15) is 5.11 Å². The topological polar surface area (TPSA) is 102 Å². The lowest BCUT2D eigenvalue weighted by molar-refractivity contribution is 0.0348. The van der Waals surface area contributed by atoms with Crippen LogP contribution in [0.2, 0.25) is 0 Å². The SMILES string of the molecule is [N-]=[N+]=NCC1(O)CCCN(c2nn3c(I)cnc3s2)C1. The van der Waals surface area contributed by atoms with E-state index in [2.05, 4.69) is 42.7 Å². The van der Waals surface area contributed by atoms with E-state index in [-0.39, 0.29) is 6.54 Å². The molecule has 0 aromatic carbocycles. The Hall–Kier alpha value is -1.10. The molecule has 0 spiro atoms. The first-order chi connectivity index (χ1) is 9.61. The number of halogens is 1. The van der Waals surface area contributed by atoms with Crippen molar-refractivity contribution in [3.63, 3.8) is 0 Å². The van der Waals surface area contributed by atoms with Crippen molar-refractivity contribution in [3.8, 4) is 0 Å². The minimum Gasteiger partial charge on any atom is -0.388 e. The summed E-state index contributed by atoms with van der Waals surface area (Å²) < 4.78 is 2.75. The molecule has 2 aromatic heterocycles. The first-order valence-electron chi connectivity index (χ1n) is 6.10. The molecule has 3 heterocycles. The van der Waals surface area contributed by atoms with Crippen molar-refractivity contribution < 1.29 is 5.11 Å². The number of anilines is 1. The highest BCUT2D eigenvalue weighted by molar-refractivity contribution is 14.1. The number of aliphatic hydroxyl groups is 1. The van der Waals surface area contributed by atoms with Crippen LogP contribution >= 0.6 is 33.9 Å². The number of piperidine rings is 1. The molecule has 20 heavy (non-hydrogen) atoms. The predicted molar refractivity (Wildman–Crippen MR) is 84.0 cm³/mol. The molecule has 1 saturated heterocycles. The Morgan fingerprint density at radius 1 is 1.65 bits per heavy atom. The molecule has 3 rings (SSSR count). The molecule has 1 aliphatic heterocycles. The van der Waals surface area contributed by atoms with Crippen LogP contribution in [0.5, 0.6) is 0 Å². The van der Waals surface area contributed by atoms with Crippen molar-refractivity contribution in [2.45, 2.75) is 18.4 Å². The number of imidazole rings is 1. The fraction of sp³-hybridized carbons (Fsp3) is 0.600. The van der Waals surface area contributed by atoms with Gasteiger partial charge in [0.2, 0.25) is 10.1 Å². The number of β-amino-alcohol motifs (C(OH)–C–C–N with tert-alkyl or cyclic N) is 1. The number of azide groups is 1. The average Bonchev–Trinajstić information content (AvgIpc) is 2.99. The molecule has 106 valence electrons. The van der Waals surface area contributed by atoms with E-state index in [0.717, 1.165) is 26.8 Å². The Morgan fingerprint density at radius 2 is 2.50 bits per heavy atom. The number of fused-ring (bicyclic) bond motifs is 1.